The highest BCUT2D eigenvalue weighted by atomic mass is 32.1. The molecule has 0 saturated carbocycles. The lowest BCUT2D eigenvalue weighted by atomic mass is 10.2. The van der Waals surface area contributed by atoms with Gasteiger partial charge in [0.05, 0.1) is 17.2 Å². The summed E-state index contributed by atoms with van der Waals surface area (Å²) in [6.45, 7) is 4.74. The number of aromatic nitrogens is 1. The van der Waals surface area contributed by atoms with Crippen LogP contribution < -0.4 is 14.8 Å². The molecule has 0 unspecified atom stereocenters. The minimum Gasteiger partial charge on any atom is -0.486 e. The third-order valence-corrected chi connectivity index (χ3v) is 4.97. The fourth-order valence-electron chi connectivity index (χ4n) is 2.68. The number of fused-ring (bicyclic) bond motifs is 1. The van der Waals surface area contributed by atoms with Gasteiger partial charge in [0, 0.05) is 26.0 Å². The summed E-state index contributed by atoms with van der Waals surface area (Å²) in [5, 5.41) is 6.63. The van der Waals surface area contributed by atoms with Crippen LogP contribution in [0.1, 0.15) is 23.2 Å². The highest BCUT2D eigenvalue weighted by molar-refractivity contribution is 7.09. The molecule has 2 aromatic rings. The maximum Gasteiger partial charge on any atom is 0.194 e. The normalized spacial score (nSPS) is 13.6. The van der Waals surface area contributed by atoms with Gasteiger partial charge in [0.2, 0.25) is 0 Å². The van der Waals surface area contributed by atoms with Gasteiger partial charge in [-0.05, 0) is 24.1 Å². The molecule has 0 spiro atoms. The van der Waals surface area contributed by atoms with Crippen LogP contribution in [-0.4, -0.2) is 43.2 Å². The van der Waals surface area contributed by atoms with Crippen LogP contribution in [0.5, 0.6) is 11.5 Å². The lowest BCUT2D eigenvalue weighted by Gasteiger charge is -2.23. The van der Waals surface area contributed by atoms with Gasteiger partial charge in [0.1, 0.15) is 13.2 Å². The summed E-state index contributed by atoms with van der Waals surface area (Å²) in [5.74, 6) is 2.46. The Morgan fingerprint density at radius 1 is 1.32 bits per heavy atom. The lowest BCUT2D eigenvalue weighted by molar-refractivity contribution is 0.171. The van der Waals surface area contributed by atoms with Crippen LogP contribution in [0.2, 0.25) is 0 Å². The minimum atomic E-state index is 0.600. The van der Waals surface area contributed by atoms with Crippen LogP contribution in [0.4, 0.5) is 0 Å². The monoisotopic (exact) mass is 360 g/mol. The van der Waals surface area contributed by atoms with Crippen molar-refractivity contribution in [3.8, 4) is 11.5 Å². The Kier molecular flexibility index (Phi) is 5.75. The van der Waals surface area contributed by atoms with Gasteiger partial charge in [0.15, 0.2) is 17.5 Å². The maximum atomic E-state index is 5.65. The number of guanidine groups is 1. The van der Waals surface area contributed by atoms with E-state index in [4.69, 9.17) is 9.47 Å². The van der Waals surface area contributed by atoms with Gasteiger partial charge in [0.25, 0.3) is 0 Å². The van der Waals surface area contributed by atoms with Crippen LogP contribution in [0, 0.1) is 0 Å². The Balaban J connectivity index is 1.59. The first-order chi connectivity index (χ1) is 12.2. The van der Waals surface area contributed by atoms with Crippen molar-refractivity contribution in [3.05, 3.63) is 39.8 Å². The molecule has 3 rings (SSSR count). The van der Waals surface area contributed by atoms with E-state index in [0.29, 0.717) is 19.8 Å². The molecule has 1 N–H and O–H groups in total. The zero-order chi connectivity index (χ0) is 17.6. The van der Waals surface area contributed by atoms with E-state index < -0.39 is 0 Å². The van der Waals surface area contributed by atoms with Crippen molar-refractivity contribution in [1.29, 1.82) is 0 Å². The molecule has 0 amide bonds. The second-order valence-corrected chi connectivity index (χ2v) is 6.76. The molecule has 0 atom stereocenters. The van der Waals surface area contributed by atoms with Gasteiger partial charge >= 0.3 is 0 Å². The topological polar surface area (TPSA) is 59.0 Å². The molecule has 2 heterocycles. The van der Waals surface area contributed by atoms with Gasteiger partial charge in [-0.1, -0.05) is 13.0 Å². The molecule has 1 aliphatic rings. The summed E-state index contributed by atoms with van der Waals surface area (Å²) in [6, 6.07) is 6.06. The quantitative estimate of drug-likeness (QED) is 0.656. The average molecular weight is 360 g/mol. The predicted octanol–water partition coefficient (Wildman–Crippen LogP) is 2.68. The molecule has 134 valence electrons. The Labute approximate surface area is 152 Å². The fraction of sp³-hybridized carbons (Fsp3) is 0.444. The second-order valence-electron chi connectivity index (χ2n) is 5.82. The van der Waals surface area contributed by atoms with Crippen LogP contribution in [-0.2, 0) is 19.5 Å². The highest BCUT2D eigenvalue weighted by Crippen LogP contribution is 2.31. The molecule has 1 aromatic heterocycles. The number of hydrogen-bond acceptors (Lipinski definition) is 5. The number of aryl methyl sites for hydroxylation is 1. The first-order valence-electron chi connectivity index (χ1n) is 8.43. The van der Waals surface area contributed by atoms with Crippen LogP contribution in [0.3, 0.4) is 0 Å². The maximum absolute atomic E-state index is 5.65. The van der Waals surface area contributed by atoms with Crippen molar-refractivity contribution in [1.82, 2.24) is 15.2 Å². The van der Waals surface area contributed by atoms with Crippen LogP contribution in [0.25, 0.3) is 0 Å². The van der Waals surface area contributed by atoms with E-state index >= 15 is 0 Å². The SMILES string of the molecule is CCc1nc(CNC(=NC)N(C)Cc2ccc3c(c2)OCCO3)cs1. The molecule has 0 saturated heterocycles. The molecule has 25 heavy (non-hydrogen) atoms. The fourth-order valence-corrected chi connectivity index (χ4v) is 3.43. The number of nitrogens with one attached hydrogen (secondary N) is 1. The lowest BCUT2D eigenvalue weighted by Crippen LogP contribution is -2.38. The molecule has 0 bridgehead atoms. The molecule has 7 heteroatoms. The summed E-state index contributed by atoms with van der Waals surface area (Å²) in [6.07, 6.45) is 0.976. The predicted molar refractivity (Wildman–Crippen MR) is 101 cm³/mol. The number of aliphatic imine (C=N–C) groups is 1. The van der Waals surface area contributed by atoms with Crippen molar-refractivity contribution in [2.75, 3.05) is 27.3 Å². The minimum absolute atomic E-state index is 0.600. The van der Waals surface area contributed by atoms with Crippen molar-refractivity contribution >= 4 is 17.3 Å². The second kappa shape index (κ2) is 8.20. The first kappa shape index (κ1) is 17.5. The first-order valence-corrected chi connectivity index (χ1v) is 9.31. The molecule has 0 radical (unpaired) electrons. The van der Waals surface area contributed by atoms with E-state index in [-0.39, 0.29) is 0 Å². The van der Waals surface area contributed by atoms with Crippen molar-refractivity contribution in [2.24, 2.45) is 4.99 Å². The van der Waals surface area contributed by atoms with Gasteiger partial charge in [-0.3, -0.25) is 4.99 Å². The molecule has 1 aromatic carbocycles. The van der Waals surface area contributed by atoms with E-state index in [1.165, 1.54) is 0 Å². The van der Waals surface area contributed by atoms with Crippen molar-refractivity contribution < 1.29 is 9.47 Å². The summed E-state index contributed by atoms with van der Waals surface area (Å²) < 4.78 is 11.2. The molecular weight excluding hydrogens is 336 g/mol. The van der Waals surface area contributed by atoms with Crippen molar-refractivity contribution in [2.45, 2.75) is 26.4 Å². The molecular formula is C18H24N4O2S. The van der Waals surface area contributed by atoms with E-state index in [2.05, 4.69) is 38.6 Å². The number of thiazole rings is 1. The third-order valence-electron chi connectivity index (χ3n) is 3.93. The Morgan fingerprint density at radius 3 is 2.84 bits per heavy atom. The van der Waals surface area contributed by atoms with Gasteiger partial charge in [-0.25, -0.2) is 4.98 Å². The van der Waals surface area contributed by atoms with Gasteiger partial charge < -0.3 is 19.7 Å². The zero-order valence-electron chi connectivity index (χ0n) is 14.9. The average Bonchev–Trinajstić information content (AvgIpc) is 3.10. The smallest absolute Gasteiger partial charge is 0.194 e. The highest BCUT2D eigenvalue weighted by Gasteiger charge is 2.13. The van der Waals surface area contributed by atoms with Crippen LogP contribution in [0.15, 0.2) is 28.6 Å². The van der Waals surface area contributed by atoms with Crippen molar-refractivity contribution in [3.63, 3.8) is 0 Å². The molecule has 1 aliphatic heterocycles. The zero-order valence-corrected chi connectivity index (χ0v) is 15.7. The number of ether oxygens (including phenoxy) is 2. The Bertz CT molecular complexity index is 744. The number of benzene rings is 1. The van der Waals surface area contributed by atoms with E-state index in [1.54, 1.807) is 18.4 Å². The number of nitrogens with zero attached hydrogens (tertiary/aromatic N) is 3. The van der Waals surface area contributed by atoms with E-state index in [0.717, 1.165) is 46.7 Å². The van der Waals surface area contributed by atoms with Gasteiger partial charge in [-0.15, -0.1) is 11.3 Å². The summed E-state index contributed by atoms with van der Waals surface area (Å²) in [7, 11) is 3.81. The Morgan fingerprint density at radius 2 is 2.12 bits per heavy atom. The summed E-state index contributed by atoms with van der Waals surface area (Å²) in [4.78, 5) is 11.0. The largest absolute Gasteiger partial charge is 0.486 e. The number of hydrogen-bond donors (Lipinski definition) is 1. The van der Waals surface area contributed by atoms with E-state index in [9.17, 15) is 0 Å². The summed E-state index contributed by atoms with van der Waals surface area (Å²) in [5.41, 5.74) is 2.20. The molecule has 0 aliphatic carbocycles. The molecule has 0 fully saturated rings. The standard InChI is InChI=1S/C18H24N4O2S/c1-4-17-21-14(12-25-17)10-20-18(19-2)22(3)11-13-5-6-15-16(9-13)24-8-7-23-15/h5-6,9,12H,4,7-8,10-11H2,1-3H3,(H,19,20). The summed E-state index contributed by atoms with van der Waals surface area (Å²) >= 11 is 1.70. The van der Waals surface area contributed by atoms with Crippen LogP contribution >= 0.6 is 11.3 Å². The third kappa shape index (κ3) is 4.42. The molecule has 6 nitrogen and oxygen atoms in total. The van der Waals surface area contributed by atoms with E-state index in [1.807, 2.05) is 19.2 Å². The number of rotatable bonds is 5. The van der Waals surface area contributed by atoms with Gasteiger partial charge in [-0.2, -0.15) is 0 Å². The Hall–Kier alpha value is -2.28.